The number of hydrogen-bond acceptors (Lipinski definition) is 5. The van der Waals surface area contributed by atoms with Crippen LogP contribution in [-0.2, 0) is 6.54 Å². The number of piperidine rings is 1. The Bertz CT molecular complexity index is 486. The van der Waals surface area contributed by atoms with Gasteiger partial charge in [-0.05, 0) is 32.2 Å². The Kier molecular flexibility index (Phi) is 4.59. The maximum Gasteiger partial charge on any atom is 0.353 e. The molecule has 112 valence electrons. The van der Waals surface area contributed by atoms with Crippen LogP contribution in [0.3, 0.4) is 0 Å². The van der Waals surface area contributed by atoms with Crippen LogP contribution in [0.1, 0.15) is 32.4 Å². The Labute approximate surface area is 118 Å². The highest BCUT2D eigenvalue weighted by Gasteiger charge is 2.31. The molecule has 2 unspecified atom stereocenters. The molecule has 2 atom stereocenters. The fourth-order valence-corrected chi connectivity index (χ4v) is 2.50. The number of nitrogens with one attached hydrogen (secondary N) is 1. The van der Waals surface area contributed by atoms with E-state index in [1.165, 1.54) is 0 Å². The normalized spacial score (nSPS) is 22.8. The van der Waals surface area contributed by atoms with Gasteiger partial charge in [-0.1, -0.05) is 13.8 Å². The average molecular weight is 282 g/mol. The number of aromatic nitrogens is 2. The highest BCUT2D eigenvalue weighted by atomic mass is 16.6. The molecule has 0 bridgehead atoms. The highest BCUT2D eigenvalue weighted by molar-refractivity contribution is 5.45. The number of hydrogen-bond donors (Lipinski definition) is 1. The van der Waals surface area contributed by atoms with E-state index in [1.807, 2.05) is 6.92 Å². The predicted octanol–water partition coefficient (Wildman–Crippen LogP) is 1.89. The standard InChI is InChI=1S/C13H22N4O3/c1-4-7-16-13(12(17(18)19)10(3)15-16)20-11-8-14-6-5-9(11)2/h9,11,14H,4-8H2,1-3H3. The maximum atomic E-state index is 11.2. The monoisotopic (exact) mass is 282 g/mol. The molecule has 1 aliphatic heterocycles. The molecule has 0 amide bonds. The zero-order chi connectivity index (χ0) is 14.7. The van der Waals surface area contributed by atoms with Crippen molar-refractivity contribution in [2.45, 2.75) is 46.3 Å². The van der Waals surface area contributed by atoms with Crippen LogP contribution >= 0.6 is 0 Å². The summed E-state index contributed by atoms with van der Waals surface area (Å²) in [5.41, 5.74) is 0.408. The van der Waals surface area contributed by atoms with Gasteiger partial charge in [-0.2, -0.15) is 5.10 Å². The van der Waals surface area contributed by atoms with Crippen LogP contribution in [0, 0.1) is 23.0 Å². The third-order valence-corrected chi connectivity index (χ3v) is 3.69. The molecule has 0 aromatic carbocycles. The average Bonchev–Trinajstić information content (AvgIpc) is 2.69. The van der Waals surface area contributed by atoms with Gasteiger partial charge >= 0.3 is 5.69 Å². The summed E-state index contributed by atoms with van der Waals surface area (Å²) in [4.78, 5) is 10.8. The quantitative estimate of drug-likeness (QED) is 0.658. The first-order chi connectivity index (χ1) is 9.54. The van der Waals surface area contributed by atoms with Crippen molar-refractivity contribution in [1.82, 2.24) is 15.1 Å². The molecule has 0 radical (unpaired) electrons. The van der Waals surface area contributed by atoms with Gasteiger partial charge in [-0.15, -0.1) is 0 Å². The summed E-state index contributed by atoms with van der Waals surface area (Å²) in [6.07, 6.45) is 1.82. The first-order valence-electron chi connectivity index (χ1n) is 7.13. The lowest BCUT2D eigenvalue weighted by molar-refractivity contribution is -0.386. The zero-order valence-electron chi connectivity index (χ0n) is 12.3. The number of rotatable bonds is 5. The van der Waals surface area contributed by atoms with Crippen LogP contribution in [0.5, 0.6) is 5.88 Å². The summed E-state index contributed by atoms with van der Waals surface area (Å²) in [5, 5.41) is 18.7. The smallest absolute Gasteiger partial charge is 0.353 e. The summed E-state index contributed by atoms with van der Waals surface area (Å²) >= 11 is 0. The molecule has 1 aliphatic rings. The van der Waals surface area contributed by atoms with Gasteiger partial charge in [0, 0.05) is 13.1 Å². The van der Waals surface area contributed by atoms with E-state index >= 15 is 0 Å². The Morgan fingerprint density at radius 1 is 1.60 bits per heavy atom. The van der Waals surface area contributed by atoms with Crippen molar-refractivity contribution in [3.8, 4) is 5.88 Å². The van der Waals surface area contributed by atoms with E-state index in [2.05, 4.69) is 17.3 Å². The van der Waals surface area contributed by atoms with Crippen molar-refractivity contribution in [2.24, 2.45) is 5.92 Å². The first-order valence-corrected chi connectivity index (χ1v) is 7.13. The summed E-state index contributed by atoms with van der Waals surface area (Å²) in [6.45, 7) is 8.09. The van der Waals surface area contributed by atoms with Gasteiger partial charge in [0.25, 0.3) is 5.88 Å². The number of aryl methyl sites for hydroxylation is 2. The fraction of sp³-hybridized carbons (Fsp3) is 0.769. The van der Waals surface area contributed by atoms with Crippen LogP contribution in [-0.4, -0.2) is 33.9 Å². The van der Waals surface area contributed by atoms with Crippen molar-refractivity contribution in [2.75, 3.05) is 13.1 Å². The lowest BCUT2D eigenvalue weighted by atomic mass is 9.97. The molecule has 1 saturated heterocycles. The van der Waals surface area contributed by atoms with Crippen molar-refractivity contribution < 1.29 is 9.66 Å². The largest absolute Gasteiger partial charge is 0.468 e. The van der Waals surface area contributed by atoms with Crippen LogP contribution in [0.4, 0.5) is 5.69 Å². The highest BCUT2D eigenvalue weighted by Crippen LogP contribution is 2.33. The Morgan fingerprint density at radius 2 is 2.35 bits per heavy atom. The Hall–Kier alpha value is -1.63. The molecule has 0 saturated carbocycles. The number of nitro groups is 1. The van der Waals surface area contributed by atoms with Gasteiger partial charge in [0.2, 0.25) is 0 Å². The lowest BCUT2D eigenvalue weighted by Gasteiger charge is -2.29. The minimum atomic E-state index is -0.398. The molecule has 1 aromatic rings. The molecule has 7 nitrogen and oxygen atoms in total. The molecule has 20 heavy (non-hydrogen) atoms. The second kappa shape index (κ2) is 6.21. The van der Waals surface area contributed by atoms with Gasteiger partial charge in [0.15, 0.2) is 0 Å². The van der Waals surface area contributed by atoms with Crippen LogP contribution in [0.2, 0.25) is 0 Å². The Morgan fingerprint density at radius 3 is 2.95 bits per heavy atom. The number of nitrogens with zero attached hydrogens (tertiary/aromatic N) is 3. The Balaban J connectivity index is 2.29. The van der Waals surface area contributed by atoms with Gasteiger partial charge in [0.1, 0.15) is 11.8 Å². The molecule has 0 aliphatic carbocycles. The van der Waals surface area contributed by atoms with Crippen LogP contribution in [0.25, 0.3) is 0 Å². The second-order valence-electron chi connectivity index (χ2n) is 5.35. The maximum absolute atomic E-state index is 11.2. The van der Waals surface area contributed by atoms with Crippen molar-refractivity contribution >= 4 is 5.69 Å². The molecule has 2 rings (SSSR count). The molecule has 1 fully saturated rings. The predicted molar refractivity (Wildman–Crippen MR) is 75.0 cm³/mol. The molecule has 2 heterocycles. The van der Waals surface area contributed by atoms with E-state index < -0.39 is 4.92 Å². The molecule has 0 spiro atoms. The van der Waals surface area contributed by atoms with Crippen LogP contribution in [0.15, 0.2) is 0 Å². The first kappa shape index (κ1) is 14.8. The van der Waals surface area contributed by atoms with Crippen molar-refractivity contribution in [1.29, 1.82) is 0 Å². The molecule has 1 N–H and O–H groups in total. The number of ether oxygens (including phenoxy) is 1. The van der Waals surface area contributed by atoms with Crippen LogP contribution < -0.4 is 10.1 Å². The topological polar surface area (TPSA) is 82.2 Å². The van der Waals surface area contributed by atoms with E-state index in [0.717, 1.165) is 19.4 Å². The summed E-state index contributed by atoms with van der Waals surface area (Å²) in [7, 11) is 0. The molecular formula is C13H22N4O3. The van der Waals surface area contributed by atoms with E-state index in [0.29, 0.717) is 30.6 Å². The van der Waals surface area contributed by atoms with E-state index in [-0.39, 0.29) is 11.8 Å². The van der Waals surface area contributed by atoms with E-state index in [9.17, 15) is 10.1 Å². The van der Waals surface area contributed by atoms with Gasteiger partial charge < -0.3 is 10.1 Å². The van der Waals surface area contributed by atoms with Gasteiger partial charge in [0.05, 0.1) is 4.92 Å². The third kappa shape index (κ3) is 2.92. The van der Waals surface area contributed by atoms with Crippen molar-refractivity contribution in [3.05, 3.63) is 15.8 Å². The molecule has 7 heteroatoms. The van der Waals surface area contributed by atoms with Gasteiger partial charge in [-0.25, -0.2) is 4.68 Å². The fourth-order valence-electron chi connectivity index (χ4n) is 2.50. The van der Waals surface area contributed by atoms with Gasteiger partial charge in [-0.3, -0.25) is 10.1 Å². The minimum absolute atomic E-state index is 0.00350. The van der Waals surface area contributed by atoms with E-state index in [4.69, 9.17) is 4.74 Å². The summed E-state index contributed by atoms with van der Waals surface area (Å²) in [6, 6.07) is 0. The van der Waals surface area contributed by atoms with E-state index in [1.54, 1.807) is 11.6 Å². The minimum Gasteiger partial charge on any atom is -0.468 e. The van der Waals surface area contributed by atoms with Crippen molar-refractivity contribution in [3.63, 3.8) is 0 Å². The molecular weight excluding hydrogens is 260 g/mol. The zero-order valence-corrected chi connectivity index (χ0v) is 12.3. The summed E-state index contributed by atoms with van der Waals surface area (Å²) < 4.78 is 7.58. The lowest BCUT2D eigenvalue weighted by Crippen LogP contribution is -2.43. The summed E-state index contributed by atoms with van der Waals surface area (Å²) in [5.74, 6) is 0.677. The molecule has 1 aromatic heterocycles. The third-order valence-electron chi connectivity index (χ3n) is 3.69. The second-order valence-corrected chi connectivity index (χ2v) is 5.35. The SMILES string of the molecule is CCCn1nc(C)c([N+](=O)[O-])c1OC1CNCCC1C.